The van der Waals surface area contributed by atoms with Gasteiger partial charge < -0.3 is 4.90 Å². The number of hydrogen-bond acceptors (Lipinski definition) is 3. The van der Waals surface area contributed by atoms with Crippen LogP contribution < -0.4 is 4.90 Å². The molecule has 0 saturated heterocycles. The number of benzene rings is 1. The normalized spacial score (nSPS) is 11.2. The van der Waals surface area contributed by atoms with Gasteiger partial charge >= 0.3 is 0 Å². The van der Waals surface area contributed by atoms with Crippen LogP contribution >= 0.6 is 12.2 Å². The van der Waals surface area contributed by atoms with Crippen molar-refractivity contribution in [3.8, 4) is 5.69 Å². The molecule has 0 aliphatic carbocycles. The molecule has 6 heteroatoms. The zero-order valence-electron chi connectivity index (χ0n) is 13.5. The number of nitrogens with zero attached hydrogens (tertiary/aromatic N) is 4. The Labute approximate surface area is 137 Å². The number of hydrogen-bond donors (Lipinski definition) is 1. The number of aromatic nitrogens is 4. The highest BCUT2D eigenvalue weighted by Gasteiger charge is 2.12. The molecule has 1 aromatic carbocycles. The number of quaternary nitrogens is 1. The molecule has 0 atom stereocenters. The van der Waals surface area contributed by atoms with Crippen molar-refractivity contribution in [2.24, 2.45) is 0 Å². The van der Waals surface area contributed by atoms with Crippen molar-refractivity contribution in [1.29, 1.82) is 0 Å². The molecule has 0 fully saturated rings. The molecular weight excluding hydrogens is 294 g/mol. The fourth-order valence-corrected chi connectivity index (χ4v) is 2.70. The van der Waals surface area contributed by atoms with Crippen LogP contribution in [0.15, 0.2) is 30.3 Å². The summed E-state index contributed by atoms with van der Waals surface area (Å²) in [5.74, 6) is 0. The molecule has 2 aromatic rings. The van der Waals surface area contributed by atoms with Gasteiger partial charge in [-0.25, -0.2) is 0 Å². The maximum atomic E-state index is 5.54. The average Bonchev–Trinajstić information content (AvgIpc) is 2.91. The maximum Gasteiger partial charge on any atom is 0.225 e. The Bertz CT molecular complexity index is 596. The zero-order valence-corrected chi connectivity index (χ0v) is 14.4. The van der Waals surface area contributed by atoms with Crippen molar-refractivity contribution >= 4 is 12.2 Å². The fourth-order valence-electron chi connectivity index (χ4n) is 2.45. The summed E-state index contributed by atoms with van der Waals surface area (Å²) < 4.78 is 4.24. The Morgan fingerprint density at radius 3 is 2.23 bits per heavy atom. The second-order valence-corrected chi connectivity index (χ2v) is 5.99. The standard InChI is InChI=1S/C16H25N5S/c1-3-5-12-19(13-6-4-2)14-20-16(22)21(18-17-20)15-10-8-7-9-11-15/h7-11H,3-6,12-14H2,1-2H3/p+1. The minimum atomic E-state index is 0.664. The lowest BCUT2D eigenvalue weighted by molar-refractivity contribution is -0.924. The molecule has 0 spiro atoms. The summed E-state index contributed by atoms with van der Waals surface area (Å²) in [5, 5.41) is 8.46. The van der Waals surface area contributed by atoms with E-state index in [4.69, 9.17) is 12.2 Å². The second-order valence-electron chi connectivity index (χ2n) is 5.62. The van der Waals surface area contributed by atoms with Gasteiger partial charge in [0.25, 0.3) is 0 Å². The fraction of sp³-hybridized carbons (Fsp3) is 0.562. The monoisotopic (exact) mass is 320 g/mol. The van der Waals surface area contributed by atoms with Gasteiger partial charge in [-0.15, -0.1) is 0 Å². The van der Waals surface area contributed by atoms with E-state index in [2.05, 4.69) is 24.3 Å². The molecule has 0 aliphatic heterocycles. The Morgan fingerprint density at radius 2 is 1.64 bits per heavy atom. The predicted molar refractivity (Wildman–Crippen MR) is 90.7 cm³/mol. The van der Waals surface area contributed by atoms with Crippen molar-refractivity contribution in [3.05, 3.63) is 35.1 Å². The Kier molecular flexibility index (Phi) is 6.74. The summed E-state index contributed by atoms with van der Waals surface area (Å²) in [5.41, 5.74) is 0.961. The Balaban J connectivity index is 2.11. The average molecular weight is 320 g/mol. The van der Waals surface area contributed by atoms with Gasteiger partial charge in [-0.2, -0.15) is 9.36 Å². The first-order chi connectivity index (χ1) is 10.8. The third-order valence-corrected chi connectivity index (χ3v) is 4.16. The molecule has 0 bridgehead atoms. The first kappa shape index (κ1) is 16.8. The smallest absolute Gasteiger partial charge is 0.225 e. The number of nitrogens with one attached hydrogen (secondary N) is 1. The Morgan fingerprint density at radius 1 is 1.00 bits per heavy atom. The summed E-state index contributed by atoms with van der Waals surface area (Å²) in [4.78, 5) is 1.53. The second kappa shape index (κ2) is 8.80. The lowest BCUT2D eigenvalue weighted by Gasteiger charge is -2.18. The molecule has 120 valence electrons. The van der Waals surface area contributed by atoms with Gasteiger partial charge in [0, 0.05) is 0 Å². The Hall–Kier alpha value is -1.53. The van der Waals surface area contributed by atoms with E-state index in [-0.39, 0.29) is 0 Å². The highest BCUT2D eigenvalue weighted by atomic mass is 32.1. The van der Waals surface area contributed by atoms with Crippen LogP contribution in [0.5, 0.6) is 0 Å². The number of unbranched alkanes of at least 4 members (excludes halogenated alkanes) is 2. The van der Waals surface area contributed by atoms with Crippen molar-refractivity contribution < 1.29 is 4.90 Å². The molecule has 0 unspecified atom stereocenters. The van der Waals surface area contributed by atoms with Gasteiger partial charge in [0.2, 0.25) is 4.77 Å². The molecular formula is C16H26N5S+. The minimum absolute atomic E-state index is 0.664. The summed E-state index contributed by atoms with van der Waals surface area (Å²) in [6, 6.07) is 9.94. The highest BCUT2D eigenvalue weighted by Crippen LogP contribution is 2.04. The van der Waals surface area contributed by atoms with Gasteiger partial charge in [-0.3, -0.25) is 0 Å². The molecule has 0 amide bonds. The van der Waals surface area contributed by atoms with Crippen LogP contribution in [0.1, 0.15) is 39.5 Å². The molecule has 22 heavy (non-hydrogen) atoms. The van der Waals surface area contributed by atoms with E-state index >= 15 is 0 Å². The van der Waals surface area contributed by atoms with Crippen LogP contribution in [0.2, 0.25) is 0 Å². The van der Waals surface area contributed by atoms with Crippen molar-refractivity contribution in [1.82, 2.24) is 19.8 Å². The van der Waals surface area contributed by atoms with Crippen molar-refractivity contribution in [3.63, 3.8) is 0 Å². The first-order valence-corrected chi connectivity index (χ1v) is 8.58. The molecule has 1 N–H and O–H groups in total. The molecule has 1 heterocycles. The van der Waals surface area contributed by atoms with Crippen molar-refractivity contribution in [2.45, 2.75) is 46.2 Å². The van der Waals surface area contributed by atoms with Crippen LogP contribution in [0, 0.1) is 4.77 Å². The quantitative estimate of drug-likeness (QED) is 0.720. The topological polar surface area (TPSA) is 40.1 Å². The molecule has 1 aromatic heterocycles. The number of para-hydroxylation sites is 1. The van der Waals surface area contributed by atoms with Crippen molar-refractivity contribution in [2.75, 3.05) is 13.1 Å². The van der Waals surface area contributed by atoms with Gasteiger partial charge in [0.05, 0.1) is 18.8 Å². The highest BCUT2D eigenvalue weighted by molar-refractivity contribution is 7.71. The van der Waals surface area contributed by atoms with Crippen LogP contribution in [0.4, 0.5) is 0 Å². The SMILES string of the molecule is CCCC[NH+](CCCC)Cn1nnn(-c2ccccc2)c1=S. The van der Waals surface area contributed by atoms with E-state index in [1.807, 2.05) is 35.0 Å². The van der Waals surface area contributed by atoms with E-state index in [0.717, 1.165) is 25.4 Å². The lowest BCUT2D eigenvalue weighted by atomic mass is 10.3. The van der Waals surface area contributed by atoms with Gasteiger partial charge in [0.15, 0.2) is 6.67 Å². The molecule has 0 aliphatic rings. The summed E-state index contributed by atoms with van der Waals surface area (Å²) >= 11 is 5.54. The molecule has 5 nitrogen and oxygen atoms in total. The van der Waals surface area contributed by atoms with Crippen LogP contribution in [-0.2, 0) is 6.67 Å². The lowest BCUT2D eigenvalue weighted by Crippen LogP contribution is -3.11. The van der Waals surface area contributed by atoms with Crippen LogP contribution in [0.25, 0.3) is 5.69 Å². The van der Waals surface area contributed by atoms with Crippen LogP contribution in [0.3, 0.4) is 0 Å². The third kappa shape index (κ3) is 4.48. The molecule has 0 radical (unpaired) electrons. The third-order valence-electron chi connectivity index (χ3n) is 3.78. The largest absolute Gasteiger partial charge is 0.316 e. The van der Waals surface area contributed by atoms with Gasteiger partial charge in [-0.1, -0.05) is 44.9 Å². The van der Waals surface area contributed by atoms with E-state index in [1.165, 1.54) is 30.6 Å². The molecule has 0 saturated carbocycles. The van der Waals surface area contributed by atoms with E-state index in [9.17, 15) is 0 Å². The summed E-state index contributed by atoms with van der Waals surface area (Å²) in [7, 11) is 0. The molecule has 2 rings (SSSR count). The van der Waals surface area contributed by atoms with Gasteiger partial charge in [0.1, 0.15) is 0 Å². The van der Waals surface area contributed by atoms with E-state index in [1.54, 1.807) is 4.68 Å². The number of tetrazole rings is 1. The summed E-state index contributed by atoms with van der Waals surface area (Å²) in [6.45, 7) is 7.59. The minimum Gasteiger partial charge on any atom is -0.316 e. The summed E-state index contributed by atoms with van der Waals surface area (Å²) in [6.07, 6.45) is 4.91. The first-order valence-electron chi connectivity index (χ1n) is 8.18. The van der Waals surface area contributed by atoms with Gasteiger partial charge in [-0.05, 0) is 47.6 Å². The number of rotatable bonds is 9. The van der Waals surface area contributed by atoms with Crippen LogP contribution in [-0.4, -0.2) is 32.9 Å². The maximum absolute atomic E-state index is 5.54. The predicted octanol–water partition coefficient (Wildman–Crippen LogP) is 2.24. The van der Waals surface area contributed by atoms with E-state index < -0.39 is 0 Å². The van der Waals surface area contributed by atoms with E-state index in [0.29, 0.717) is 4.77 Å². The zero-order chi connectivity index (χ0) is 15.8.